The molecule has 10 N–H and O–H groups in total. The first kappa shape index (κ1) is 64.0. The number of carbonyl (C=O) groups is 10. The SMILES string of the molecule is CC(=O)N[C@H]1[C@@H](O[C@H](C)[C@H](NC(=O)[C@@H](NC(=O)CNC(=O)[C@H](Cc2cnc[nH]2)NS(=O)(=O)c2ccc([N+](=O)[O-])cc2[N+](=O)[O-])C(C)C)C(=O)N[C@@H](CO)C(=O)N[C@@H](C)C(=O)O)O[C@H](COC(C)=O)[C@H](OC(C)=O)[C@@H]1OC(C)=O. The molecule has 2 aromatic rings. The van der Waals surface area contributed by atoms with Gasteiger partial charge in [-0.1, -0.05) is 13.8 Å². The van der Waals surface area contributed by atoms with Gasteiger partial charge in [-0.05, 0) is 25.8 Å². The number of carboxylic acid groups (broad SMARTS) is 1. The highest BCUT2D eigenvalue weighted by Gasteiger charge is 2.52. The van der Waals surface area contributed by atoms with E-state index in [0.29, 0.717) is 18.2 Å². The molecule has 1 fully saturated rings. The predicted molar refractivity (Wildman–Crippen MR) is 257 cm³/mol. The molecule has 2 heterocycles. The summed E-state index contributed by atoms with van der Waals surface area (Å²) in [5, 5.41) is 56.0. The van der Waals surface area contributed by atoms with Gasteiger partial charge in [0.05, 0.1) is 41.5 Å². The lowest BCUT2D eigenvalue weighted by Gasteiger charge is -2.46. The van der Waals surface area contributed by atoms with Crippen LogP contribution in [0.4, 0.5) is 11.4 Å². The van der Waals surface area contributed by atoms with Crippen molar-refractivity contribution in [3.8, 4) is 0 Å². The summed E-state index contributed by atoms with van der Waals surface area (Å²) in [6.45, 7) is 6.26. The van der Waals surface area contributed by atoms with Crippen LogP contribution in [0.3, 0.4) is 0 Å². The van der Waals surface area contributed by atoms with E-state index in [2.05, 4.69) is 41.9 Å². The van der Waals surface area contributed by atoms with Crippen LogP contribution in [0, 0.1) is 26.1 Å². The summed E-state index contributed by atoms with van der Waals surface area (Å²) in [6, 6.07) is -8.93. The van der Waals surface area contributed by atoms with E-state index in [0.717, 1.165) is 41.5 Å². The van der Waals surface area contributed by atoms with Crippen LogP contribution in [0.1, 0.15) is 61.1 Å². The fraction of sp³-hybridized carbons (Fsp3) is 0.558. The van der Waals surface area contributed by atoms with Crippen molar-refractivity contribution in [2.75, 3.05) is 19.8 Å². The Balaban J connectivity index is 2.00. The van der Waals surface area contributed by atoms with Gasteiger partial charge in [-0.15, -0.1) is 0 Å². The summed E-state index contributed by atoms with van der Waals surface area (Å²) in [5.41, 5.74) is -1.88. The zero-order valence-corrected chi connectivity index (χ0v) is 43.7. The van der Waals surface area contributed by atoms with Crippen molar-refractivity contribution in [3.05, 3.63) is 56.6 Å². The molecule has 6 amide bonds. The largest absolute Gasteiger partial charge is 0.480 e. The van der Waals surface area contributed by atoms with Crippen molar-refractivity contribution < 1.29 is 100 Å². The third-order valence-electron chi connectivity index (χ3n) is 10.9. The number of amides is 6. The molecule has 0 spiro atoms. The maximum atomic E-state index is 14.3. The number of H-pyrrole nitrogens is 1. The van der Waals surface area contributed by atoms with Crippen LogP contribution >= 0.6 is 0 Å². The van der Waals surface area contributed by atoms with Crippen LogP contribution in [-0.4, -0.2) is 184 Å². The number of benzene rings is 1. The maximum Gasteiger partial charge on any atom is 0.325 e. The number of ether oxygens (including phenoxy) is 5. The van der Waals surface area contributed by atoms with Crippen molar-refractivity contribution in [3.63, 3.8) is 0 Å². The average Bonchev–Trinajstić information content (AvgIpc) is 3.87. The topological polar surface area (TPSA) is 491 Å². The molecule has 1 aromatic carbocycles. The van der Waals surface area contributed by atoms with Crippen LogP contribution in [0.25, 0.3) is 0 Å². The van der Waals surface area contributed by atoms with Crippen LogP contribution in [0.5, 0.6) is 0 Å². The number of carbonyl (C=O) groups excluding carboxylic acids is 9. The van der Waals surface area contributed by atoms with Crippen LogP contribution in [0.2, 0.25) is 0 Å². The van der Waals surface area contributed by atoms with Gasteiger partial charge in [0.1, 0.15) is 49.0 Å². The molecule has 0 unspecified atom stereocenters. The van der Waals surface area contributed by atoms with E-state index in [1.807, 2.05) is 4.72 Å². The molecular formula is C43H59N11O23S. The number of hydrogen-bond acceptors (Lipinski definition) is 23. The van der Waals surface area contributed by atoms with Gasteiger partial charge in [0.2, 0.25) is 45.5 Å². The van der Waals surface area contributed by atoms with E-state index < -0.39 is 195 Å². The third kappa shape index (κ3) is 18.8. The Morgan fingerprint density at radius 1 is 0.808 bits per heavy atom. The van der Waals surface area contributed by atoms with Crippen LogP contribution < -0.4 is 36.6 Å². The van der Waals surface area contributed by atoms with Crippen molar-refractivity contribution in [2.45, 2.75) is 134 Å². The Bertz CT molecular complexity index is 2690. The van der Waals surface area contributed by atoms with Gasteiger partial charge in [0, 0.05) is 52.1 Å². The van der Waals surface area contributed by atoms with Gasteiger partial charge in [0.25, 0.3) is 11.4 Å². The van der Waals surface area contributed by atoms with Gasteiger partial charge >= 0.3 is 23.9 Å². The minimum Gasteiger partial charge on any atom is -0.480 e. The molecule has 11 atom stereocenters. The fourth-order valence-electron chi connectivity index (χ4n) is 7.26. The molecule has 35 heteroatoms. The quantitative estimate of drug-likeness (QED) is 0.0168. The second-order valence-electron chi connectivity index (χ2n) is 17.5. The zero-order chi connectivity index (χ0) is 58.9. The molecule has 0 saturated carbocycles. The first-order valence-corrected chi connectivity index (χ1v) is 24.7. The lowest BCUT2D eigenvalue weighted by molar-refractivity contribution is -0.396. The monoisotopic (exact) mass is 1130 g/mol. The highest BCUT2D eigenvalue weighted by molar-refractivity contribution is 7.89. The molecule has 1 aromatic heterocycles. The Kier molecular flexibility index (Phi) is 23.6. The molecule has 3 rings (SSSR count). The smallest absolute Gasteiger partial charge is 0.325 e. The number of rotatable bonds is 28. The number of carboxylic acids is 1. The van der Waals surface area contributed by atoms with Gasteiger partial charge in [-0.2, -0.15) is 4.72 Å². The summed E-state index contributed by atoms with van der Waals surface area (Å²) in [4.78, 5) is 156. The van der Waals surface area contributed by atoms with E-state index in [9.17, 15) is 86.8 Å². The second kappa shape index (κ2) is 28.7. The highest BCUT2D eigenvalue weighted by atomic mass is 32.2. The number of nitrogens with zero attached hydrogens (tertiary/aromatic N) is 3. The number of aromatic amines is 1. The number of esters is 3. The first-order valence-electron chi connectivity index (χ1n) is 23.2. The third-order valence-corrected chi connectivity index (χ3v) is 12.5. The second-order valence-corrected chi connectivity index (χ2v) is 19.2. The Hall–Kier alpha value is -8.28. The van der Waals surface area contributed by atoms with E-state index in [1.165, 1.54) is 26.4 Å². The molecule has 1 aliphatic rings. The molecule has 1 saturated heterocycles. The average molecular weight is 1130 g/mol. The minimum atomic E-state index is -5.04. The number of nitro benzene ring substituents is 2. The summed E-state index contributed by atoms with van der Waals surface area (Å²) in [7, 11) is -5.04. The molecule has 34 nitrogen and oxygen atoms in total. The number of nitrogens with one attached hydrogen (secondary N) is 8. The van der Waals surface area contributed by atoms with Crippen molar-refractivity contribution in [1.29, 1.82) is 0 Å². The first-order chi connectivity index (χ1) is 36.4. The number of hydrogen-bond donors (Lipinski definition) is 10. The van der Waals surface area contributed by atoms with Gasteiger partial charge in [-0.25, -0.2) is 13.4 Å². The van der Waals surface area contributed by atoms with Crippen molar-refractivity contribution in [1.82, 2.24) is 46.6 Å². The number of non-ortho nitro benzene ring substituents is 1. The van der Waals surface area contributed by atoms with Crippen molar-refractivity contribution in [2.24, 2.45) is 5.92 Å². The number of sulfonamides is 1. The number of nitro groups is 2. The zero-order valence-electron chi connectivity index (χ0n) is 42.9. The Labute approximate surface area is 442 Å². The summed E-state index contributed by atoms with van der Waals surface area (Å²) in [5.74, 6) is -12.0. The lowest BCUT2D eigenvalue weighted by Crippen LogP contribution is -2.68. The molecule has 430 valence electrons. The Morgan fingerprint density at radius 3 is 1.96 bits per heavy atom. The molecule has 78 heavy (non-hydrogen) atoms. The lowest BCUT2D eigenvalue weighted by atomic mass is 9.95. The minimum absolute atomic E-state index is 0.146. The van der Waals surface area contributed by atoms with Gasteiger partial charge in [0.15, 0.2) is 23.4 Å². The number of aliphatic hydroxyl groups is 1. The number of imidazole rings is 1. The number of aliphatic carboxylic acids is 1. The van der Waals surface area contributed by atoms with E-state index in [-0.39, 0.29) is 5.69 Å². The van der Waals surface area contributed by atoms with Gasteiger partial charge in [-0.3, -0.25) is 68.2 Å². The Morgan fingerprint density at radius 2 is 1.44 bits per heavy atom. The molecule has 0 aliphatic carbocycles. The van der Waals surface area contributed by atoms with Gasteiger partial charge < -0.3 is 70.8 Å². The maximum absolute atomic E-state index is 14.3. The van der Waals surface area contributed by atoms with Crippen molar-refractivity contribution >= 4 is 80.7 Å². The summed E-state index contributed by atoms with van der Waals surface area (Å²) >= 11 is 0. The number of aromatic nitrogens is 2. The summed E-state index contributed by atoms with van der Waals surface area (Å²) < 4.78 is 57.1. The molecule has 0 radical (unpaired) electrons. The molecular weight excluding hydrogens is 1070 g/mol. The van der Waals surface area contributed by atoms with Crippen LogP contribution in [-0.2, 0) is 88.1 Å². The highest BCUT2D eigenvalue weighted by Crippen LogP contribution is 2.30. The fourth-order valence-corrected chi connectivity index (χ4v) is 8.61. The number of aliphatic hydroxyl groups excluding tert-OH is 1. The summed E-state index contributed by atoms with van der Waals surface area (Å²) in [6.07, 6.45) is -6.50. The van der Waals surface area contributed by atoms with E-state index in [4.69, 9.17) is 23.7 Å². The standard InChI is InChI=1S/C43H59N11O23S/c1-18(2)33(50-32(60)14-45-38(61)27(11-25-13-44-17-46-25)52-78(71,72)31-10-9-26(53(67)68)12-29(31)54(69)70)40(63)51-34(41(64)49-28(15-55)39(62)47-19(3)42(65)66)20(4)74-43-35(48-21(5)56)37(76-24(8)59)36(75-23(7)58)30(77-43)16-73-22(6)57/h9-10,12-13,17-20,27-28,30,33-37,43,52,55H,11,14-16H2,1-8H3,(H,44,46)(H,45,61)(H,47,62)(H,48,56)(H,49,64)(H,50,60)(H,51,63)(H,65,66)/t19-,20+,27-,28-,30+,33-,34-,35+,36-,37+,43-/m0/s1. The molecule has 1 aliphatic heterocycles. The van der Waals surface area contributed by atoms with Crippen LogP contribution in [0.15, 0.2) is 35.6 Å². The normalized spacial score (nSPS) is 19.4. The van der Waals surface area contributed by atoms with E-state index >= 15 is 0 Å². The van der Waals surface area contributed by atoms with E-state index in [1.54, 1.807) is 0 Å². The predicted octanol–water partition coefficient (Wildman–Crippen LogP) is -4.01. The molecule has 0 bridgehead atoms.